The molecule has 3 aromatic heterocycles. The van der Waals surface area contributed by atoms with Gasteiger partial charge < -0.3 is 18.2 Å². The quantitative estimate of drug-likeness (QED) is 0.173. The molecule has 0 aliphatic rings. The van der Waals surface area contributed by atoms with Crippen LogP contribution >= 0.6 is 0 Å². The van der Waals surface area contributed by atoms with Crippen LogP contribution in [0.3, 0.4) is 0 Å². The molecule has 0 aliphatic heterocycles. The van der Waals surface area contributed by atoms with Crippen LogP contribution < -0.4 is 4.90 Å². The van der Waals surface area contributed by atoms with E-state index in [-0.39, 0.29) is 0 Å². The second-order valence-corrected chi connectivity index (χ2v) is 13.5. The number of fused-ring (bicyclic) bond motifs is 8. The van der Waals surface area contributed by atoms with Crippen molar-refractivity contribution in [3.8, 4) is 33.7 Å². The highest BCUT2D eigenvalue weighted by molar-refractivity contribution is 6.17. The molecule has 11 aromatic rings. The van der Waals surface area contributed by atoms with Crippen molar-refractivity contribution in [2.24, 2.45) is 0 Å². The van der Waals surface area contributed by atoms with Gasteiger partial charge >= 0.3 is 0 Å². The first-order chi connectivity index (χ1) is 26.7. The van der Waals surface area contributed by atoms with Gasteiger partial charge in [0.15, 0.2) is 5.58 Å². The number of nitrogens with zero attached hydrogens (tertiary/aromatic N) is 2. The van der Waals surface area contributed by atoms with Gasteiger partial charge in [0.25, 0.3) is 0 Å². The molecule has 8 aromatic carbocycles. The fourth-order valence-corrected chi connectivity index (χ4v) is 7.78. The molecule has 0 saturated heterocycles. The van der Waals surface area contributed by atoms with Gasteiger partial charge in [0.1, 0.15) is 27.8 Å². The Morgan fingerprint density at radius 2 is 0.889 bits per heavy atom. The van der Waals surface area contributed by atoms with Crippen LogP contribution in [0.15, 0.2) is 195 Å². The van der Waals surface area contributed by atoms with Crippen LogP contribution in [0.1, 0.15) is 0 Å². The van der Waals surface area contributed by atoms with Gasteiger partial charge in [0.2, 0.25) is 5.89 Å². The average molecular weight is 695 g/mol. The second-order valence-electron chi connectivity index (χ2n) is 13.5. The first-order valence-electron chi connectivity index (χ1n) is 18.0. The van der Waals surface area contributed by atoms with E-state index in [1.54, 1.807) is 0 Å². The van der Waals surface area contributed by atoms with Gasteiger partial charge in [0.05, 0.1) is 5.39 Å². The van der Waals surface area contributed by atoms with Crippen LogP contribution in [0.4, 0.5) is 17.1 Å². The molecule has 0 atom stereocenters. The number of para-hydroxylation sites is 1. The highest BCUT2D eigenvalue weighted by Crippen LogP contribution is 2.44. The minimum atomic E-state index is 0.587. The summed E-state index contributed by atoms with van der Waals surface area (Å²) in [6.07, 6.45) is 0. The van der Waals surface area contributed by atoms with E-state index in [9.17, 15) is 0 Å². The fraction of sp³-hybridized carbons (Fsp3) is 0. The van der Waals surface area contributed by atoms with Crippen molar-refractivity contribution in [3.63, 3.8) is 0 Å². The van der Waals surface area contributed by atoms with E-state index in [1.807, 2.05) is 54.6 Å². The van der Waals surface area contributed by atoms with Crippen LogP contribution in [0, 0.1) is 0 Å². The molecule has 3 heterocycles. The number of rotatable bonds is 6. The lowest BCUT2D eigenvalue weighted by atomic mass is 9.93. The van der Waals surface area contributed by atoms with E-state index in [0.717, 1.165) is 99.9 Å². The molecule has 5 nitrogen and oxygen atoms in total. The van der Waals surface area contributed by atoms with Gasteiger partial charge in [-0.15, -0.1) is 0 Å². The molecule has 0 unspecified atom stereocenters. The fourth-order valence-electron chi connectivity index (χ4n) is 7.78. The van der Waals surface area contributed by atoms with Crippen molar-refractivity contribution in [2.45, 2.75) is 0 Å². The van der Waals surface area contributed by atoms with Crippen molar-refractivity contribution in [1.29, 1.82) is 0 Å². The molecular formula is C49H30N2O3. The lowest BCUT2D eigenvalue weighted by Crippen LogP contribution is -2.10. The van der Waals surface area contributed by atoms with Crippen LogP contribution in [-0.4, -0.2) is 4.98 Å². The highest BCUT2D eigenvalue weighted by Gasteiger charge is 2.21. The van der Waals surface area contributed by atoms with Gasteiger partial charge in [-0.25, -0.2) is 4.98 Å². The number of furan rings is 2. The molecule has 0 amide bonds. The maximum atomic E-state index is 6.59. The number of hydrogen-bond donors (Lipinski definition) is 0. The van der Waals surface area contributed by atoms with Gasteiger partial charge in [-0.3, -0.25) is 0 Å². The standard InChI is InChI=1S/C49H30N2O3/c1-4-12-31(13-5-1)37-23-20-34(28-41(37)32-14-6-2-7-15-32)51(35-21-24-39-38-18-10-11-19-42(38)52-45(39)29-35)36-22-25-40-46(30-36)53-43-26-27-44-48(47(40)43)50-49(54-44)33-16-8-3-9-17-33/h1-30H. The van der Waals surface area contributed by atoms with E-state index in [0.29, 0.717) is 5.89 Å². The first-order valence-corrected chi connectivity index (χ1v) is 18.0. The molecular weight excluding hydrogens is 665 g/mol. The maximum Gasteiger partial charge on any atom is 0.227 e. The third-order valence-electron chi connectivity index (χ3n) is 10.3. The van der Waals surface area contributed by atoms with E-state index < -0.39 is 0 Å². The first kappa shape index (κ1) is 30.3. The molecule has 11 rings (SSSR count). The van der Waals surface area contributed by atoms with E-state index in [1.165, 1.54) is 0 Å². The zero-order valence-corrected chi connectivity index (χ0v) is 28.9. The summed E-state index contributed by atoms with van der Waals surface area (Å²) in [4.78, 5) is 7.23. The van der Waals surface area contributed by atoms with Crippen LogP contribution in [0.25, 0.3) is 88.7 Å². The molecule has 0 bridgehead atoms. The Kier molecular flexibility index (Phi) is 6.79. The maximum absolute atomic E-state index is 6.59. The number of anilines is 3. The number of oxazole rings is 1. The molecule has 0 radical (unpaired) electrons. The van der Waals surface area contributed by atoms with Crippen LogP contribution in [0.5, 0.6) is 0 Å². The Bertz CT molecular complexity index is 3160. The predicted octanol–water partition coefficient (Wildman–Crippen LogP) is 14.1. The lowest BCUT2D eigenvalue weighted by molar-refractivity contribution is 0.619. The largest absolute Gasteiger partial charge is 0.456 e. The van der Waals surface area contributed by atoms with Crippen LogP contribution in [-0.2, 0) is 0 Å². The second kappa shape index (κ2) is 12.1. The molecule has 0 spiro atoms. The highest BCUT2D eigenvalue weighted by atomic mass is 16.4. The summed E-state index contributed by atoms with van der Waals surface area (Å²) >= 11 is 0. The van der Waals surface area contributed by atoms with Gasteiger partial charge in [-0.05, 0) is 89.0 Å². The summed E-state index contributed by atoms with van der Waals surface area (Å²) in [7, 11) is 0. The molecule has 254 valence electrons. The SMILES string of the molecule is c1ccc(-c2nc3c(ccc4oc5cc(N(c6ccc(-c7ccccc7)c(-c7ccccc7)c6)c6ccc7c(c6)oc6ccccc67)ccc5c43)o2)cc1. The molecule has 5 heteroatoms. The van der Waals surface area contributed by atoms with Gasteiger partial charge in [-0.1, -0.05) is 103 Å². The van der Waals surface area contributed by atoms with Crippen molar-refractivity contribution in [2.75, 3.05) is 4.90 Å². The summed E-state index contributed by atoms with van der Waals surface area (Å²) in [6.45, 7) is 0. The van der Waals surface area contributed by atoms with Crippen molar-refractivity contribution < 1.29 is 13.3 Å². The topological polar surface area (TPSA) is 55.6 Å². The van der Waals surface area contributed by atoms with E-state index >= 15 is 0 Å². The van der Waals surface area contributed by atoms with Crippen molar-refractivity contribution >= 4 is 72.0 Å². The predicted molar refractivity (Wildman–Crippen MR) is 220 cm³/mol. The Labute approximate surface area is 309 Å². The zero-order valence-electron chi connectivity index (χ0n) is 28.9. The normalized spacial score (nSPS) is 11.7. The van der Waals surface area contributed by atoms with Gasteiger partial charge in [-0.2, -0.15) is 0 Å². The summed E-state index contributed by atoms with van der Waals surface area (Å²) < 4.78 is 19.2. The monoisotopic (exact) mass is 694 g/mol. The molecule has 0 fully saturated rings. The number of benzene rings is 8. The Morgan fingerprint density at radius 3 is 1.63 bits per heavy atom. The summed E-state index contributed by atoms with van der Waals surface area (Å²) in [6, 6.07) is 62.8. The summed E-state index contributed by atoms with van der Waals surface area (Å²) in [5, 5.41) is 4.10. The van der Waals surface area contributed by atoms with Crippen molar-refractivity contribution in [1.82, 2.24) is 4.98 Å². The Balaban J connectivity index is 1.12. The summed E-state index contributed by atoms with van der Waals surface area (Å²) in [5.41, 5.74) is 13.2. The van der Waals surface area contributed by atoms with E-state index in [4.69, 9.17) is 18.2 Å². The minimum Gasteiger partial charge on any atom is -0.456 e. The minimum absolute atomic E-state index is 0.587. The number of aromatic nitrogens is 1. The average Bonchev–Trinajstić information content (AvgIpc) is 3.95. The molecule has 0 aliphatic carbocycles. The number of hydrogen-bond acceptors (Lipinski definition) is 5. The van der Waals surface area contributed by atoms with Crippen LogP contribution in [0.2, 0.25) is 0 Å². The third-order valence-corrected chi connectivity index (χ3v) is 10.3. The molecule has 0 N–H and O–H groups in total. The lowest BCUT2D eigenvalue weighted by Gasteiger charge is -2.27. The smallest absolute Gasteiger partial charge is 0.227 e. The molecule has 0 saturated carbocycles. The Morgan fingerprint density at radius 1 is 0.352 bits per heavy atom. The Hall–Kier alpha value is -7.37. The third kappa shape index (κ3) is 4.90. The summed E-state index contributed by atoms with van der Waals surface area (Å²) in [5.74, 6) is 0.587. The van der Waals surface area contributed by atoms with Crippen molar-refractivity contribution in [3.05, 3.63) is 182 Å². The molecule has 54 heavy (non-hydrogen) atoms. The van der Waals surface area contributed by atoms with E-state index in [2.05, 4.69) is 132 Å². The van der Waals surface area contributed by atoms with Gasteiger partial charge in [0, 0.05) is 50.9 Å². The zero-order chi connectivity index (χ0) is 35.6.